The second-order valence-electron chi connectivity index (χ2n) is 4.85. The van der Waals surface area contributed by atoms with Crippen LogP contribution < -0.4 is 5.73 Å². The molecule has 2 N–H and O–H groups in total. The van der Waals surface area contributed by atoms with E-state index in [2.05, 4.69) is 15.9 Å². The Labute approximate surface area is 128 Å². The highest BCUT2D eigenvalue weighted by molar-refractivity contribution is 9.10. The molecule has 0 spiro atoms. The average Bonchev–Trinajstić information content (AvgIpc) is 2.34. The number of halogens is 1. The molecule has 0 fully saturated rings. The zero-order valence-electron chi connectivity index (χ0n) is 11.5. The lowest BCUT2D eigenvalue weighted by atomic mass is 10.2. The molecule has 20 heavy (non-hydrogen) atoms. The molecule has 0 aliphatic rings. The molecule has 112 valence electrons. The van der Waals surface area contributed by atoms with Gasteiger partial charge in [0, 0.05) is 24.3 Å². The van der Waals surface area contributed by atoms with Crippen LogP contribution in [0, 0.1) is 0 Å². The van der Waals surface area contributed by atoms with Gasteiger partial charge in [0.15, 0.2) is 0 Å². The molecular formula is C13H19BrN2O3S. The van der Waals surface area contributed by atoms with Crippen molar-refractivity contribution in [1.29, 1.82) is 0 Å². The predicted octanol–water partition coefficient (Wildman–Crippen LogP) is 1.17. The number of benzene rings is 1. The fourth-order valence-corrected chi connectivity index (χ4v) is 2.86. The van der Waals surface area contributed by atoms with Gasteiger partial charge in [-0.1, -0.05) is 28.1 Å². The zero-order chi connectivity index (χ0) is 15.3. The molecule has 1 atom stereocenters. The van der Waals surface area contributed by atoms with E-state index in [1.807, 2.05) is 24.3 Å². The Morgan fingerprint density at radius 3 is 2.65 bits per heavy atom. The van der Waals surface area contributed by atoms with Crippen LogP contribution in [0.1, 0.15) is 12.0 Å². The average molecular weight is 363 g/mol. The third-order valence-corrected chi connectivity index (χ3v) is 4.27. The summed E-state index contributed by atoms with van der Waals surface area (Å²) in [6, 6.07) is 6.84. The van der Waals surface area contributed by atoms with Gasteiger partial charge in [-0.05, 0) is 24.1 Å². The standard InChI is InChI=1S/C13H19BrN2O3S/c1-16(9-10-4-3-5-11(14)8-10)13(17)12(15)6-7-20(2,18)19/h3-5,8,12H,6-7,9,15H2,1-2H3. The monoisotopic (exact) mass is 362 g/mol. The van der Waals surface area contributed by atoms with Crippen molar-refractivity contribution in [3.05, 3.63) is 34.3 Å². The molecular weight excluding hydrogens is 344 g/mol. The van der Waals surface area contributed by atoms with Gasteiger partial charge in [-0.2, -0.15) is 0 Å². The Hall–Kier alpha value is -0.920. The maximum Gasteiger partial charge on any atom is 0.239 e. The van der Waals surface area contributed by atoms with Crippen molar-refractivity contribution in [1.82, 2.24) is 4.90 Å². The maximum absolute atomic E-state index is 12.0. The lowest BCUT2D eigenvalue weighted by Gasteiger charge is -2.21. The van der Waals surface area contributed by atoms with E-state index in [0.29, 0.717) is 6.54 Å². The van der Waals surface area contributed by atoms with E-state index in [1.54, 1.807) is 7.05 Å². The van der Waals surface area contributed by atoms with Crippen molar-refractivity contribution < 1.29 is 13.2 Å². The summed E-state index contributed by atoms with van der Waals surface area (Å²) < 4.78 is 23.1. The molecule has 0 aromatic heterocycles. The number of likely N-dealkylation sites (N-methyl/N-ethyl adjacent to an activating group) is 1. The normalized spacial score (nSPS) is 13.0. The van der Waals surface area contributed by atoms with E-state index in [0.717, 1.165) is 16.3 Å². The fourth-order valence-electron chi connectivity index (χ4n) is 1.73. The van der Waals surface area contributed by atoms with Crippen LogP contribution in [0.3, 0.4) is 0 Å². The van der Waals surface area contributed by atoms with Crippen molar-refractivity contribution in [3.8, 4) is 0 Å². The van der Waals surface area contributed by atoms with Crippen molar-refractivity contribution in [2.24, 2.45) is 5.73 Å². The second kappa shape index (κ2) is 7.19. The van der Waals surface area contributed by atoms with Crippen molar-refractivity contribution >= 4 is 31.7 Å². The first-order valence-electron chi connectivity index (χ1n) is 6.12. The van der Waals surface area contributed by atoms with Gasteiger partial charge in [0.05, 0.1) is 11.8 Å². The Morgan fingerprint density at radius 2 is 2.10 bits per heavy atom. The fraction of sp³-hybridized carbons (Fsp3) is 0.462. The highest BCUT2D eigenvalue weighted by Gasteiger charge is 2.19. The minimum absolute atomic E-state index is 0.0787. The number of nitrogens with two attached hydrogens (primary N) is 1. The van der Waals surface area contributed by atoms with Crippen LogP contribution in [0.15, 0.2) is 28.7 Å². The number of sulfone groups is 1. The van der Waals surface area contributed by atoms with Crippen LogP contribution in [-0.2, 0) is 21.2 Å². The first-order valence-corrected chi connectivity index (χ1v) is 8.97. The van der Waals surface area contributed by atoms with E-state index >= 15 is 0 Å². The van der Waals surface area contributed by atoms with Gasteiger partial charge in [-0.25, -0.2) is 8.42 Å². The number of carbonyl (C=O) groups is 1. The van der Waals surface area contributed by atoms with E-state index in [-0.39, 0.29) is 18.1 Å². The van der Waals surface area contributed by atoms with Crippen LogP contribution in [0.25, 0.3) is 0 Å². The Kier molecular flexibility index (Phi) is 6.16. The van der Waals surface area contributed by atoms with Crippen LogP contribution in [-0.4, -0.2) is 44.3 Å². The SMILES string of the molecule is CN(Cc1cccc(Br)c1)C(=O)C(N)CCS(C)(=O)=O. The molecule has 0 heterocycles. The van der Waals surface area contributed by atoms with Crippen molar-refractivity contribution in [2.75, 3.05) is 19.1 Å². The van der Waals surface area contributed by atoms with Gasteiger partial charge in [0.2, 0.25) is 5.91 Å². The van der Waals surface area contributed by atoms with E-state index in [4.69, 9.17) is 5.73 Å². The summed E-state index contributed by atoms with van der Waals surface area (Å²) in [7, 11) is -1.44. The van der Waals surface area contributed by atoms with E-state index < -0.39 is 15.9 Å². The quantitative estimate of drug-likeness (QED) is 0.823. The first kappa shape index (κ1) is 17.1. The van der Waals surface area contributed by atoms with Gasteiger partial charge in [0.1, 0.15) is 9.84 Å². The molecule has 1 rings (SSSR count). The summed E-state index contributed by atoms with van der Waals surface area (Å²) in [5.74, 6) is -0.335. The molecule has 0 saturated heterocycles. The third-order valence-electron chi connectivity index (χ3n) is 2.80. The highest BCUT2D eigenvalue weighted by atomic mass is 79.9. The van der Waals surface area contributed by atoms with Crippen molar-refractivity contribution in [3.63, 3.8) is 0 Å². The van der Waals surface area contributed by atoms with Crippen LogP contribution in [0.2, 0.25) is 0 Å². The number of rotatable bonds is 6. The van der Waals surface area contributed by atoms with Gasteiger partial charge in [-0.15, -0.1) is 0 Å². The summed E-state index contributed by atoms with van der Waals surface area (Å²) in [6.07, 6.45) is 1.27. The lowest BCUT2D eigenvalue weighted by Crippen LogP contribution is -2.42. The number of hydrogen-bond acceptors (Lipinski definition) is 4. The zero-order valence-corrected chi connectivity index (χ0v) is 13.9. The Bertz CT molecular complexity index is 575. The molecule has 1 aromatic carbocycles. The molecule has 1 amide bonds. The van der Waals surface area contributed by atoms with Crippen LogP contribution >= 0.6 is 15.9 Å². The van der Waals surface area contributed by atoms with E-state index in [9.17, 15) is 13.2 Å². The molecule has 0 radical (unpaired) electrons. The largest absolute Gasteiger partial charge is 0.340 e. The number of hydrogen-bond donors (Lipinski definition) is 1. The molecule has 0 aliphatic carbocycles. The number of carbonyl (C=O) groups excluding carboxylic acids is 1. The Balaban J connectivity index is 2.58. The van der Waals surface area contributed by atoms with Gasteiger partial charge in [0.25, 0.3) is 0 Å². The topological polar surface area (TPSA) is 80.5 Å². The number of nitrogens with zero attached hydrogens (tertiary/aromatic N) is 1. The number of amides is 1. The molecule has 1 aromatic rings. The molecule has 0 bridgehead atoms. The van der Waals surface area contributed by atoms with Gasteiger partial charge >= 0.3 is 0 Å². The third kappa shape index (κ3) is 6.02. The second-order valence-corrected chi connectivity index (χ2v) is 8.02. The minimum atomic E-state index is -3.10. The van der Waals surface area contributed by atoms with Gasteiger partial charge in [-0.3, -0.25) is 4.79 Å². The lowest BCUT2D eigenvalue weighted by molar-refractivity contribution is -0.131. The molecule has 0 saturated carbocycles. The van der Waals surface area contributed by atoms with Gasteiger partial charge < -0.3 is 10.6 Å². The molecule has 5 nitrogen and oxygen atoms in total. The minimum Gasteiger partial charge on any atom is -0.340 e. The summed E-state index contributed by atoms with van der Waals surface area (Å²) in [6.45, 7) is 0.435. The highest BCUT2D eigenvalue weighted by Crippen LogP contribution is 2.13. The predicted molar refractivity (Wildman–Crippen MR) is 82.9 cm³/mol. The molecule has 1 unspecified atom stereocenters. The Morgan fingerprint density at radius 1 is 1.45 bits per heavy atom. The summed E-state index contributed by atoms with van der Waals surface area (Å²) in [4.78, 5) is 13.6. The molecule has 7 heteroatoms. The van der Waals surface area contributed by atoms with Crippen molar-refractivity contribution in [2.45, 2.75) is 19.0 Å². The summed E-state index contributed by atoms with van der Waals surface area (Å²) in [5, 5.41) is 0. The maximum atomic E-state index is 12.0. The smallest absolute Gasteiger partial charge is 0.239 e. The van der Waals surface area contributed by atoms with Crippen LogP contribution in [0.5, 0.6) is 0 Å². The van der Waals surface area contributed by atoms with Crippen LogP contribution in [0.4, 0.5) is 0 Å². The van der Waals surface area contributed by atoms with E-state index in [1.165, 1.54) is 4.90 Å². The summed E-state index contributed by atoms with van der Waals surface area (Å²) in [5.41, 5.74) is 6.72. The summed E-state index contributed by atoms with van der Waals surface area (Å²) >= 11 is 3.37. The first-order chi connectivity index (χ1) is 9.19. The molecule has 0 aliphatic heterocycles.